The van der Waals surface area contributed by atoms with Gasteiger partial charge in [0, 0.05) is 12.6 Å². The van der Waals surface area contributed by atoms with Gasteiger partial charge in [-0.1, -0.05) is 18.2 Å². The number of para-hydroxylation sites is 1. The molecular weight excluding hydrogens is 226 g/mol. The fraction of sp³-hybridized carbons (Fsp3) is 0.500. The minimum atomic E-state index is 0.310. The van der Waals surface area contributed by atoms with E-state index in [1.54, 1.807) is 0 Å². The van der Waals surface area contributed by atoms with Gasteiger partial charge in [-0.25, -0.2) is 0 Å². The van der Waals surface area contributed by atoms with Crippen LogP contribution in [0.15, 0.2) is 29.3 Å². The number of rotatable bonds is 6. The third kappa shape index (κ3) is 5.08. The van der Waals surface area contributed by atoms with Gasteiger partial charge in [-0.3, -0.25) is 4.99 Å². The van der Waals surface area contributed by atoms with Gasteiger partial charge >= 0.3 is 0 Å². The molecule has 1 rings (SSSR count). The van der Waals surface area contributed by atoms with Crippen LogP contribution in [-0.2, 0) is 6.42 Å². The molecule has 0 aliphatic heterocycles. The predicted molar refractivity (Wildman–Crippen MR) is 76.1 cm³/mol. The number of hydrogen-bond acceptors (Lipinski definition) is 2. The number of nitrogens with zero attached hydrogens (tertiary/aromatic N) is 1. The highest BCUT2D eigenvalue weighted by Crippen LogP contribution is 2.18. The molecule has 1 aromatic carbocycles. The molecule has 0 amide bonds. The van der Waals surface area contributed by atoms with Gasteiger partial charge in [-0.2, -0.15) is 0 Å². The summed E-state index contributed by atoms with van der Waals surface area (Å²) in [5.74, 6) is 1.43. The molecule has 1 aromatic rings. The predicted octanol–water partition coefficient (Wildman–Crippen LogP) is 1.94. The van der Waals surface area contributed by atoms with Crippen LogP contribution in [0, 0.1) is 0 Å². The smallest absolute Gasteiger partial charge is 0.188 e. The van der Waals surface area contributed by atoms with Crippen molar-refractivity contribution >= 4 is 5.96 Å². The first-order chi connectivity index (χ1) is 8.63. The zero-order valence-electron chi connectivity index (χ0n) is 11.4. The molecule has 0 heterocycles. The zero-order chi connectivity index (χ0) is 13.4. The second-order valence-corrected chi connectivity index (χ2v) is 4.36. The fourth-order valence-corrected chi connectivity index (χ4v) is 1.64. The Bertz CT molecular complexity index is 388. The van der Waals surface area contributed by atoms with E-state index in [0.29, 0.717) is 25.2 Å². The van der Waals surface area contributed by atoms with E-state index in [1.165, 1.54) is 5.56 Å². The molecule has 0 aromatic heterocycles. The number of guanidine groups is 1. The maximum Gasteiger partial charge on any atom is 0.188 e. The number of hydrogen-bond donors (Lipinski definition) is 2. The Labute approximate surface area is 109 Å². The van der Waals surface area contributed by atoms with Crippen molar-refractivity contribution in [3.63, 3.8) is 0 Å². The lowest BCUT2D eigenvalue weighted by Crippen LogP contribution is -2.36. The SMILES string of the molecule is CCOc1ccccc1CCN=C(N)NC(C)C. The molecule has 0 saturated carbocycles. The second kappa shape index (κ2) is 7.58. The van der Waals surface area contributed by atoms with E-state index in [2.05, 4.69) is 16.4 Å². The summed E-state index contributed by atoms with van der Waals surface area (Å²) >= 11 is 0. The van der Waals surface area contributed by atoms with Gasteiger partial charge in [-0.05, 0) is 38.8 Å². The lowest BCUT2D eigenvalue weighted by atomic mass is 10.1. The first kappa shape index (κ1) is 14.4. The van der Waals surface area contributed by atoms with E-state index in [0.717, 1.165) is 12.2 Å². The monoisotopic (exact) mass is 249 g/mol. The number of aliphatic imine (C=N–C) groups is 1. The quantitative estimate of drug-likeness (QED) is 0.598. The zero-order valence-corrected chi connectivity index (χ0v) is 11.4. The molecule has 0 aliphatic rings. The largest absolute Gasteiger partial charge is 0.494 e. The summed E-state index contributed by atoms with van der Waals surface area (Å²) in [5.41, 5.74) is 6.91. The van der Waals surface area contributed by atoms with Crippen LogP contribution in [0.25, 0.3) is 0 Å². The van der Waals surface area contributed by atoms with Crippen LogP contribution in [0.2, 0.25) is 0 Å². The molecule has 0 atom stereocenters. The van der Waals surface area contributed by atoms with Gasteiger partial charge in [0.05, 0.1) is 6.61 Å². The molecule has 3 N–H and O–H groups in total. The average molecular weight is 249 g/mol. The highest BCUT2D eigenvalue weighted by Gasteiger charge is 2.01. The first-order valence-corrected chi connectivity index (χ1v) is 6.40. The standard InChI is InChI=1S/C14H23N3O/c1-4-18-13-8-6-5-7-12(13)9-10-16-14(15)17-11(2)3/h5-8,11H,4,9-10H2,1-3H3,(H3,15,16,17). The normalized spacial score (nSPS) is 11.7. The Kier molecular flexibility index (Phi) is 6.05. The summed E-state index contributed by atoms with van der Waals surface area (Å²) in [4.78, 5) is 4.29. The van der Waals surface area contributed by atoms with Crippen molar-refractivity contribution in [2.75, 3.05) is 13.2 Å². The molecule has 0 saturated heterocycles. The Morgan fingerprint density at radius 1 is 1.39 bits per heavy atom. The van der Waals surface area contributed by atoms with Gasteiger partial charge in [0.25, 0.3) is 0 Å². The number of nitrogens with two attached hydrogens (primary N) is 1. The van der Waals surface area contributed by atoms with Crippen LogP contribution in [-0.4, -0.2) is 25.2 Å². The molecule has 0 radical (unpaired) electrons. The fourth-order valence-electron chi connectivity index (χ4n) is 1.64. The lowest BCUT2D eigenvalue weighted by Gasteiger charge is -2.10. The van der Waals surface area contributed by atoms with Crippen molar-refractivity contribution in [1.82, 2.24) is 5.32 Å². The van der Waals surface area contributed by atoms with Crippen LogP contribution in [0.3, 0.4) is 0 Å². The van der Waals surface area contributed by atoms with Gasteiger partial charge in [0.15, 0.2) is 5.96 Å². The third-order valence-electron chi connectivity index (χ3n) is 2.37. The van der Waals surface area contributed by atoms with E-state index in [1.807, 2.05) is 39.0 Å². The van der Waals surface area contributed by atoms with Crippen molar-refractivity contribution in [1.29, 1.82) is 0 Å². The summed E-state index contributed by atoms with van der Waals surface area (Å²) < 4.78 is 5.56. The van der Waals surface area contributed by atoms with Crippen molar-refractivity contribution in [3.05, 3.63) is 29.8 Å². The molecule has 100 valence electrons. The molecule has 4 heteroatoms. The van der Waals surface area contributed by atoms with Crippen molar-refractivity contribution in [3.8, 4) is 5.75 Å². The molecule has 0 bridgehead atoms. The second-order valence-electron chi connectivity index (χ2n) is 4.36. The molecule has 18 heavy (non-hydrogen) atoms. The number of nitrogens with one attached hydrogen (secondary N) is 1. The van der Waals surface area contributed by atoms with E-state index in [9.17, 15) is 0 Å². The van der Waals surface area contributed by atoms with E-state index in [4.69, 9.17) is 10.5 Å². The Morgan fingerprint density at radius 3 is 2.78 bits per heavy atom. The summed E-state index contributed by atoms with van der Waals surface area (Å²) in [6.45, 7) is 7.39. The highest BCUT2D eigenvalue weighted by molar-refractivity contribution is 5.78. The summed E-state index contributed by atoms with van der Waals surface area (Å²) in [6, 6.07) is 8.35. The van der Waals surface area contributed by atoms with E-state index < -0.39 is 0 Å². The average Bonchev–Trinajstić information content (AvgIpc) is 2.30. The molecule has 0 fully saturated rings. The maximum atomic E-state index is 5.74. The van der Waals surface area contributed by atoms with Gasteiger partial charge in [-0.15, -0.1) is 0 Å². The minimum Gasteiger partial charge on any atom is -0.494 e. The van der Waals surface area contributed by atoms with E-state index in [-0.39, 0.29) is 0 Å². The third-order valence-corrected chi connectivity index (χ3v) is 2.37. The van der Waals surface area contributed by atoms with Crippen LogP contribution in [0.1, 0.15) is 26.3 Å². The van der Waals surface area contributed by atoms with Crippen molar-refractivity contribution in [2.24, 2.45) is 10.7 Å². The van der Waals surface area contributed by atoms with Gasteiger partial charge < -0.3 is 15.8 Å². The van der Waals surface area contributed by atoms with Gasteiger partial charge in [0.2, 0.25) is 0 Å². The summed E-state index contributed by atoms with van der Waals surface area (Å²) in [6.07, 6.45) is 0.830. The minimum absolute atomic E-state index is 0.310. The number of benzene rings is 1. The Balaban J connectivity index is 2.53. The molecule has 0 spiro atoms. The Morgan fingerprint density at radius 2 is 2.11 bits per heavy atom. The van der Waals surface area contributed by atoms with Crippen LogP contribution in [0.4, 0.5) is 0 Å². The van der Waals surface area contributed by atoms with Crippen molar-refractivity contribution in [2.45, 2.75) is 33.2 Å². The topological polar surface area (TPSA) is 59.6 Å². The van der Waals surface area contributed by atoms with Crippen LogP contribution >= 0.6 is 0 Å². The molecular formula is C14H23N3O. The van der Waals surface area contributed by atoms with Crippen molar-refractivity contribution < 1.29 is 4.74 Å². The summed E-state index contributed by atoms with van der Waals surface area (Å²) in [7, 11) is 0. The van der Waals surface area contributed by atoms with Crippen LogP contribution in [0.5, 0.6) is 5.75 Å². The van der Waals surface area contributed by atoms with Gasteiger partial charge in [0.1, 0.15) is 5.75 Å². The number of ether oxygens (including phenoxy) is 1. The van der Waals surface area contributed by atoms with E-state index >= 15 is 0 Å². The molecule has 4 nitrogen and oxygen atoms in total. The molecule has 0 unspecified atom stereocenters. The van der Waals surface area contributed by atoms with Crippen LogP contribution < -0.4 is 15.8 Å². The summed E-state index contributed by atoms with van der Waals surface area (Å²) in [5, 5.41) is 3.07. The highest BCUT2D eigenvalue weighted by atomic mass is 16.5. The Hall–Kier alpha value is -1.71. The first-order valence-electron chi connectivity index (χ1n) is 6.40. The molecule has 0 aliphatic carbocycles. The maximum absolute atomic E-state index is 5.74. The lowest BCUT2D eigenvalue weighted by molar-refractivity contribution is 0.336.